The monoisotopic (exact) mass is 543 g/mol. The summed E-state index contributed by atoms with van der Waals surface area (Å²) in [5.74, 6) is -0.539. The van der Waals surface area contributed by atoms with Gasteiger partial charge in [-0.05, 0) is 39.3 Å². The lowest BCUT2D eigenvalue weighted by molar-refractivity contribution is -0.150. The van der Waals surface area contributed by atoms with Gasteiger partial charge in [-0.3, -0.25) is 23.7 Å². The summed E-state index contributed by atoms with van der Waals surface area (Å²) in [5.41, 5.74) is -4.11. The predicted octanol–water partition coefficient (Wildman–Crippen LogP) is 2.05. The number of aromatic amines is 1. The fraction of sp³-hybridized carbons (Fsp3) is 0.522. The molecule has 12 nitrogen and oxygen atoms in total. The zero-order valence-electron chi connectivity index (χ0n) is 20.8. The number of aromatic nitrogens is 2. The first-order valence-electron chi connectivity index (χ1n) is 11.7. The maximum atomic E-state index is 15.5. The Labute approximate surface area is 212 Å². The molecule has 1 aliphatic heterocycles. The number of esters is 1. The van der Waals surface area contributed by atoms with Crippen LogP contribution in [0.25, 0.3) is 0 Å². The normalized spacial score (nSPS) is 26.7. The Bertz CT molecular complexity index is 1240. The lowest BCUT2D eigenvalue weighted by atomic mass is 9.98. The second kappa shape index (κ2) is 11.7. The maximum Gasteiger partial charge on any atom is 0.459 e. The first-order chi connectivity index (χ1) is 17.4. The van der Waals surface area contributed by atoms with Gasteiger partial charge >= 0.3 is 19.4 Å². The molecular weight excluding hydrogens is 512 g/mol. The van der Waals surface area contributed by atoms with Gasteiger partial charge in [-0.25, -0.2) is 13.8 Å². The van der Waals surface area contributed by atoms with Crippen LogP contribution in [0, 0.1) is 0 Å². The molecular formula is C23H31FN3O9P. The number of carbonyl (C=O) groups is 1. The molecule has 2 unspecified atom stereocenters. The molecule has 2 aromatic rings. The Morgan fingerprint density at radius 1 is 1.30 bits per heavy atom. The zero-order chi connectivity index (χ0) is 27.4. The van der Waals surface area contributed by atoms with E-state index < -0.39 is 61.7 Å². The standard InChI is InChI=1S/C23H31FN3O9P/c1-5-14(2)34-20(30)15(3)26-37(32,36-16-9-7-6-8-10-16)33-13-17-19(29)23(4,24)21(35-17)27-12-11-18(28)25-22(27)31/h6-12,14-15,17,19,21,29H,5,13H2,1-4H3,(H,26,32)(H,25,28,31)/t14?,15-,17+,19+,21+,23+,37?/m0/s1. The number of aliphatic hydroxyl groups excluding tert-OH is 1. The summed E-state index contributed by atoms with van der Waals surface area (Å²) in [6.07, 6.45) is -3.58. The van der Waals surface area contributed by atoms with Crippen LogP contribution in [0.4, 0.5) is 4.39 Å². The average Bonchev–Trinajstić information content (AvgIpc) is 3.06. The molecule has 0 amide bonds. The molecule has 1 aromatic heterocycles. The SMILES string of the molecule is CCC(C)OC(=O)[C@H](C)NP(=O)(OC[C@H]1O[C@@H](n2ccc(=O)[nH]c2=O)[C@](C)(F)[C@@H]1O)Oc1ccccc1. The van der Waals surface area contributed by atoms with Gasteiger partial charge in [0.15, 0.2) is 11.9 Å². The van der Waals surface area contributed by atoms with Gasteiger partial charge in [0.05, 0.1) is 12.7 Å². The summed E-state index contributed by atoms with van der Waals surface area (Å²) in [7, 11) is -4.31. The van der Waals surface area contributed by atoms with Crippen molar-refractivity contribution in [3.8, 4) is 5.75 Å². The molecule has 7 atom stereocenters. The number of nitrogens with zero attached hydrogens (tertiary/aromatic N) is 1. The van der Waals surface area contributed by atoms with Crippen molar-refractivity contribution < 1.29 is 37.4 Å². The number of hydrogen-bond donors (Lipinski definition) is 3. The Hall–Kier alpha value is -2.83. The number of halogens is 1. The first kappa shape index (κ1) is 28.7. The van der Waals surface area contributed by atoms with E-state index in [0.29, 0.717) is 6.42 Å². The van der Waals surface area contributed by atoms with E-state index in [2.05, 4.69) is 5.09 Å². The van der Waals surface area contributed by atoms with Crippen molar-refractivity contribution in [2.45, 2.75) is 70.4 Å². The quantitative estimate of drug-likeness (QED) is 0.283. The van der Waals surface area contributed by atoms with Crippen molar-refractivity contribution >= 4 is 13.7 Å². The molecule has 1 aromatic carbocycles. The summed E-state index contributed by atoms with van der Waals surface area (Å²) in [5, 5.41) is 13.1. The zero-order valence-corrected chi connectivity index (χ0v) is 21.7. The van der Waals surface area contributed by atoms with Crippen LogP contribution < -0.4 is 20.9 Å². The van der Waals surface area contributed by atoms with Crippen molar-refractivity contribution in [3.05, 3.63) is 63.4 Å². The fourth-order valence-corrected chi connectivity index (χ4v) is 5.02. The minimum atomic E-state index is -4.31. The van der Waals surface area contributed by atoms with Crippen LogP contribution in [0.2, 0.25) is 0 Å². The number of H-pyrrole nitrogens is 1. The van der Waals surface area contributed by atoms with Crippen molar-refractivity contribution in [3.63, 3.8) is 0 Å². The second-order valence-electron chi connectivity index (χ2n) is 8.84. The Kier molecular flexibility index (Phi) is 9.09. The third-order valence-electron chi connectivity index (χ3n) is 5.80. The molecule has 0 bridgehead atoms. The van der Waals surface area contributed by atoms with E-state index in [1.54, 1.807) is 25.1 Å². The molecule has 0 saturated carbocycles. The van der Waals surface area contributed by atoms with Gasteiger partial charge < -0.3 is 19.1 Å². The van der Waals surface area contributed by atoms with Crippen molar-refractivity contribution in [1.82, 2.24) is 14.6 Å². The smallest absolute Gasteiger partial charge is 0.459 e. The highest BCUT2D eigenvalue weighted by Gasteiger charge is 2.55. The number of hydrogen-bond acceptors (Lipinski definition) is 9. The van der Waals surface area contributed by atoms with E-state index in [0.717, 1.165) is 23.8 Å². The summed E-state index contributed by atoms with van der Waals surface area (Å²) < 4.78 is 51.7. The van der Waals surface area contributed by atoms with E-state index in [1.165, 1.54) is 19.1 Å². The highest BCUT2D eigenvalue weighted by atomic mass is 31.2. The molecule has 1 aliphatic rings. The van der Waals surface area contributed by atoms with Crippen LogP contribution in [0.3, 0.4) is 0 Å². The van der Waals surface area contributed by atoms with Crippen LogP contribution in [0.1, 0.15) is 40.3 Å². The molecule has 3 rings (SSSR count). The van der Waals surface area contributed by atoms with E-state index in [9.17, 15) is 24.1 Å². The van der Waals surface area contributed by atoms with Gasteiger partial charge in [0.2, 0.25) is 0 Å². The number of aliphatic hydroxyl groups is 1. The molecule has 14 heteroatoms. The number of ether oxygens (including phenoxy) is 2. The van der Waals surface area contributed by atoms with E-state index in [4.69, 9.17) is 18.5 Å². The molecule has 0 aliphatic carbocycles. The summed E-state index contributed by atoms with van der Waals surface area (Å²) in [4.78, 5) is 37.9. The van der Waals surface area contributed by atoms with Gasteiger partial charge in [0.25, 0.3) is 5.56 Å². The minimum Gasteiger partial charge on any atom is -0.462 e. The van der Waals surface area contributed by atoms with Crippen molar-refractivity contribution in [1.29, 1.82) is 0 Å². The van der Waals surface area contributed by atoms with Crippen molar-refractivity contribution in [2.24, 2.45) is 0 Å². The third kappa shape index (κ3) is 6.93. The van der Waals surface area contributed by atoms with Crippen molar-refractivity contribution in [2.75, 3.05) is 6.61 Å². The van der Waals surface area contributed by atoms with E-state index in [1.807, 2.05) is 11.9 Å². The van der Waals surface area contributed by atoms with Gasteiger partial charge in [-0.1, -0.05) is 25.1 Å². The fourth-order valence-electron chi connectivity index (χ4n) is 3.52. The van der Waals surface area contributed by atoms with Gasteiger partial charge in [0, 0.05) is 12.3 Å². The number of para-hydroxylation sites is 1. The van der Waals surface area contributed by atoms with Crippen LogP contribution in [0.15, 0.2) is 52.2 Å². The van der Waals surface area contributed by atoms with E-state index >= 15 is 4.39 Å². The van der Waals surface area contributed by atoms with Crippen LogP contribution in [-0.2, 0) is 23.4 Å². The molecule has 0 spiro atoms. The lowest BCUT2D eigenvalue weighted by Crippen LogP contribution is -2.43. The molecule has 204 valence electrons. The number of carbonyl (C=O) groups excluding carboxylic acids is 1. The third-order valence-corrected chi connectivity index (χ3v) is 7.44. The molecule has 37 heavy (non-hydrogen) atoms. The Morgan fingerprint density at radius 3 is 2.59 bits per heavy atom. The number of rotatable bonds is 11. The summed E-state index contributed by atoms with van der Waals surface area (Å²) >= 11 is 0. The van der Waals surface area contributed by atoms with Crippen LogP contribution in [0.5, 0.6) is 5.75 Å². The number of benzene rings is 1. The Morgan fingerprint density at radius 2 is 1.97 bits per heavy atom. The number of alkyl halides is 1. The van der Waals surface area contributed by atoms with Gasteiger partial charge in [0.1, 0.15) is 24.0 Å². The van der Waals surface area contributed by atoms with Gasteiger partial charge in [-0.15, -0.1) is 0 Å². The molecule has 0 radical (unpaired) electrons. The highest BCUT2D eigenvalue weighted by molar-refractivity contribution is 7.52. The molecule has 1 fully saturated rings. The Balaban J connectivity index is 1.79. The number of nitrogens with one attached hydrogen (secondary N) is 2. The second-order valence-corrected chi connectivity index (χ2v) is 10.5. The summed E-state index contributed by atoms with van der Waals surface area (Å²) in [6.45, 7) is 5.33. The van der Waals surface area contributed by atoms with Crippen LogP contribution in [-0.4, -0.2) is 57.3 Å². The predicted molar refractivity (Wildman–Crippen MR) is 130 cm³/mol. The molecule has 3 N–H and O–H groups in total. The topological polar surface area (TPSA) is 158 Å². The first-order valence-corrected chi connectivity index (χ1v) is 13.2. The highest BCUT2D eigenvalue weighted by Crippen LogP contribution is 2.47. The van der Waals surface area contributed by atoms with E-state index in [-0.39, 0.29) is 11.9 Å². The average molecular weight is 543 g/mol. The minimum absolute atomic E-state index is 0.154. The maximum absolute atomic E-state index is 15.5. The molecule has 2 heterocycles. The largest absolute Gasteiger partial charge is 0.462 e. The lowest BCUT2D eigenvalue weighted by Gasteiger charge is -2.25. The summed E-state index contributed by atoms with van der Waals surface area (Å²) in [6, 6.07) is 7.88. The van der Waals surface area contributed by atoms with Crippen LogP contribution >= 0.6 is 7.75 Å². The van der Waals surface area contributed by atoms with Gasteiger partial charge in [-0.2, -0.15) is 5.09 Å². The molecule has 1 saturated heterocycles.